The Bertz CT molecular complexity index is 499. The van der Waals surface area contributed by atoms with E-state index in [1.165, 1.54) is 6.26 Å². The maximum atomic E-state index is 11.7. The monoisotopic (exact) mass is 254 g/mol. The molecule has 0 bridgehead atoms. The third-order valence-corrected chi connectivity index (χ3v) is 4.46. The smallest absolute Gasteiger partial charge is 0.211 e. The van der Waals surface area contributed by atoms with Crippen molar-refractivity contribution in [2.24, 2.45) is 0 Å². The van der Waals surface area contributed by atoms with E-state index in [4.69, 9.17) is 5.73 Å². The van der Waals surface area contributed by atoms with E-state index in [2.05, 4.69) is 0 Å². The highest BCUT2D eigenvalue weighted by Gasteiger charge is 2.30. The van der Waals surface area contributed by atoms with E-state index in [-0.39, 0.29) is 6.04 Å². The number of nitrogens with two attached hydrogens (primary N) is 1. The maximum Gasteiger partial charge on any atom is 0.211 e. The van der Waals surface area contributed by atoms with E-state index in [9.17, 15) is 8.42 Å². The Morgan fingerprint density at radius 3 is 2.76 bits per heavy atom. The van der Waals surface area contributed by atoms with E-state index >= 15 is 0 Å². The van der Waals surface area contributed by atoms with Crippen LogP contribution in [-0.2, 0) is 10.0 Å². The molecule has 4 nitrogen and oxygen atoms in total. The molecular formula is C12H18N2O2S. The maximum absolute atomic E-state index is 11.7. The van der Waals surface area contributed by atoms with Crippen molar-refractivity contribution in [1.29, 1.82) is 0 Å². The summed E-state index contributed by atoms with van der Waals surface area (Å²) in [5.41, 5.74) is 7.43. The Morgan fingerprint density at radius 1 is 1.35 bits per heavy atom. The van der Waals surface area contributed by atoms with E-state index < -0.39 is 10.0 Å². The Kier molecular flexibility index (Phi) is 3.40. The van der Waals surface area contributed by atoms with Crippen LogP contribution in [0.15, 0.2) is 24.3 Å². The van der Waals surface area contributed by atoms with Crippen molar-refractivity contribution < 1.29 is 8.42 Å². The van der Waals surface area contributed by atoms with Crippen LogP contribution in [0.3, 0.4) is 0 Å². The van der Waals surface area contributed by atoms with Gasteiger partial charge in [-0.1, -0.05) is 18.6 Å². The lowest BCUT2D eigenvalue weighted by molar-refractivity contribution is 0.257. The Hall–Kier alpha value is -1.07. The largest absolute Gasteiger partial charge is 0.399 e. The summed E-state index contributed by atoms with van der Waals surface area (Å²) in [5, 5.41) is 0. The van der Waals surface area contributed by atoms with Gasteiger partial charge in [-0.2, -0.15) is 4.31 Å². The molecule has 1 aliphatic heterocycles. The molecular weight excluding hydrogens is 236 g/mol. The first-order chi connectivity index (χ1) is 7.98. The molecule has 0 aromatic heterocycles. The molecule has 0 radical (unpaired) electrons. The number of piperidine rings is 1. The lowest BCUT2D eigenvalue weighted by atomic mass is 9.97. The predicted molar refractivity (Wildman–Crippen MR) is 69.0 cm³/mol. The summed E-state index contributed by atoms with van der Waals surface area (Å²) in [7, 11) is -3.14. The molecule has 17 heavy (non-hydrogen) atoms. The lowest BCUT2D eigenvalue weighted by Gasteiger charge is -2.34. The highest BCUT2D eigenvalue weighted by Crippen LogP contribution is 2.33. The molecule has 1 heterocycles. The van der Waals surface area contributed by atoms with Crippen molar-refractivity contribution in [3.63, 3.8) is 0 Å². The minimum atomic E-state index is -3.14. The SMILES string of the molecule is CS(=O)(=O)N1CCCCC1c1cccc(N)c1. The average molecular weight is 254 g/mol. The number of hydrogen-bond acceptors (Lipinski definition) is 3. The first-order valence-electron chi connectivity index (χ1n) is 5.81. The molecule has 1 aliphatic rings. The van der Waals surface area contributed by atoms with E-state index in [1.54, 1.807) is 4.31 Å². The molecule has 94 valence electrons. The van der Waals surface area contributed by atoms with Gasteiger partial charge in [-0.15, -0.1) is 0 Å². The van der Waals surface area contributed by atoms with Gasteiger partial charge in [-0.05, 0) is 30.5 Å². The number of anilines is 1. The summed E-state index contributed by atoms with van der Waals surface area (Å²) < 4.78 is 25.1. The van der Waals surface area contributed by atoms with Crippen molar-refractivity contribution in [3.05, 3.63) is 29.8 Å². The van der Waals surface area contributed by atoms with Crippen LogP contribution in [0.1, 0.15) is 30.9 Å². The van der Waals surface area contributed by atoms with Gasteiger partial charge in [0.05, 0.1) is 6.26 Å². The van der Waals surface area contributed by atoms with Crippen LogP contribution in [-0.4, -0.2) is 25.5 Å². The molecule has 2 N–H and O–H groups in total. The van der Waals surface area contributed by atoms with Crippen LogP contribution in [0.25, 0.3) is 0 Å². The van der Waals surface area contributed by atoms with Gasteiger partial charge in [0, 0.05) is 18.3 Å². The number of hydrogen-bond donors (Lipinski definition) is 1. The summed E-state index contributed by atoms with van der Waals surface area (Å²) in [6.45, 7) is 0.609. The average Bonchev–Trinajstić information content (AvgIpc) is 2.28. The predicted octanol–water partition coefficient (Wildman–Crippen LogP) is 1.76. The van der Waals surface area contributed by atoms with Crippen molar-refractivity contribution in [3.8, 4) is 0 Å². The number of rotatable bonds is 2. The molecule has 1 atom stereocenters. The van der Waals surface area contributed by atoms with E-state index in [1.807, 2.05) is 24.3 Å². The van der Waals surface area contributed by atoms with Crippen molar-refractivity contribution in [2.45, 2.75) is 25.3 Å². The van der Waals surface area contributed by atoms with Gasteiger partial charge in [0.15, 0.2) is 0 Å². The second kappa shape index (κ2) is 4.66. The Morgan fingerprint density at radius 2 is 2.12 bits per heavy atom. The van der Waals surface area contributed by atoms with Crippen molar-refractivity contribution >= 4 is 15.7 Å². The van der Waals surface area contributed by atoms with Crippen LogP contribution in [0, 0.1) is 0 Å². The molecule has 0 aliphatic carbocycles. The molecule has 2 rings (SSSR count). The fourth-order valence-electron chi connectivity index (χ4n) is 2.40. The minimum absolute atomic E-state index is 0.0535. The molecule has 0 spiro atoms. The van der Waals surface area contributed by atoms with E-state index in [0.717, 1.165) is 24.8 Å². The van der Waals surface area contributed by atoms with Gasteiger partial charge >= 0.3 is 0 Å². The molecule has 0 saturated carbocycles. The van der Waals surface area contributed by atoms with Crippen molar-refractivity contribution in [1.82, 2.24) is 4.31 Å². The third kappa shape index (κ3) is 2.79. The molecule has 1 saturated heterocycles. The van der Waals surface area contributed by atoms with Gasteiger partial charge in [0.2, 0.25) is 10.0 Å². The van der Waals surface area contributed by atoms with Crippen LogP contribution in [0.5, 0.6) is 0 Å². The normalized spacial score (nSPS) is 22.5. The Labute approximate surface area is 102 Å². The van der Waals surface area contributed by atoms with Gasteiger partial charge in [-0.3, -0.25) is 0 Å². The molecule has 1 aromatic rings. The standard InChI is InChI=1S/C12H18N2O2S/c1-17(15,16)14-8-3-2-7-12(14)10-5-4-6-11(13)9-10/h4-6,9,12H,2-3,7-8,13H2,1H3. The summed E-state index contributed by atoms with van der Waals surface area (Å²) in [5.74, 6) is 0. The van der Waals surface area contributed by atoms with Crippen LogP contribution in [0.4, 0.5) is 5.69 Å². The quantitative estimate of drug-likeness (QED) is 0.818. The summed E-state index contributed by atoms with van der Waals surface area (Å²) in [6, 6.07) is 7.46. The highest BCUT2D eigenvalue weighted by molar-refractivity contribution is 7.88. The van der Waals surface area contributed by atoms with Gasteiger partial charge in [0.25, 0.3) is 0 Å². The third-order valence-electron chi connectivity index (χ3n) is 3.18. The number of nitrogens with zero attached hydrogens (tertiary/aromatic N) is 1. The van der Waals surface area contributed by atoms with Crippen molar-refractivity contribution in [2.75, 3.05) is 18.5 Å². The number of sulfonamides is 1. The first kappa shape index (κ1) is 12.4. The van der Waals surface area contributed by atoms with Gasteiger partial charge in [0.1, 0.15) is 0 Å². The lowest BCUT2D eigenvalue weighted by Crippen LogP contribution is -2.37. The topological polar surface area (TPSA) is 63.4 Å². The first-order valence-corrected chi connectivity index (χ1v) is 7.65. The zero-order valence-corrected chi connectivity index (χ0v) is 10.8. The summed E-state index contributed by atoms with van der Waals surface area (Å²) >= 11 is 0. The molecule has 1 aromatic carbocycles. The van der Waals surface area contributed by atoms with E-state index in [0.29, 0.717) is 12.2 Å². The van der Waals surface area contributed by atoms with Crippen LogP contribution in [0.2, 0.25) is 0 Å². The fraction of sp³-hybridized carbons (Fsp3) is 0.500. The molecule has 1 unspecified atom stereocenters. The molecule has 0 amide bonds. The van der Waals surface area contributed by atoms with Gasteiger partial charge in [-0.25, -0.2) is 8.42 Å². The zero-order valence-electron chi connectivity index (χ0n) is 9.96. The van der Waals surface area contributed by atoms with Crippen LogP contribution >= 0.6 is 0 Å². The Balaban J connectivity index is 2.34. The van der Waals surface area contributed by atoms with Crippen LogP contribution < -0.4 is 5.73 Å². The minimum Gasteiger partial charge on any atom is -0.399 e. The highest BCUT2D eigenvalue weighted by atomic mass is 32.2. The second-order valence-electron chi connectivity index (χ2n) is 4.56. The summed E-state index contributed by atoms with van der Waals surface area (Å²) in [4.78, 5) is 0. The zero-order chi connectivity index (χ0) is 12.5. The number of benzene rings is 1. The fourth-order valence-corrected chi connectivity index (χ4v) is 3.55. The molecule has 1 fully saturated rings. The number of nitrogen functional groups attached to an aromatic ring is 1. The summed E-state index contributed by atoms with van der Waals surface area (Å²) in [6.07, 6.45) is 4.14. The molecule has 5 heteroatoms. The van der Waals surface area contributed by atoms with Gasteiger partial charge < -0.3 is 5.73 Å². The second-order valence-corrected chi connectivity index (χ2v) is 6.49.